The third-order valence-electron chi connectivity index (χ3n) is 7.34. The van der Waals surface area contributed by atoms with Gasteiger partial charge in [-0.15, -0.1) is 0 Å². The molecule has 1 aliphatic rings. The van der Waals surface area contributed by atoms with Gasteiger partial charge in [0.1, 0.15) is 5.92 Å². The predicted octanol–water partition coefficient (Wildman–Crippen LogP) is 3.91. The third-order valence-corrected chi connectivity index (χ3v) is 11.7. The number of Topliss-reactive ketones (excluding diaryl/α,β-unsaturated/α-hetero) is 1. The van der Waals surface area contributed by atoms with Crippen molar-refractivity contribution in [3.8, 4) is 0 Å². The molecule has 9 nitrogen and oxygen atoms in total. The standard InChI is InChI=1S/C35H35O9P/c1-4-42-33(39)26-22-27(36)30(37)31(38)28(26)29(34(40)43-5-2)32(35(41)44-6-3)45(23-16-10-7-11-17-23,24-18-12-8-13-19-24)25-20-14-9-15-21-25/h7-22,28-29,36-37H,4-6H2,1-3H3. The largest absolute Gasteiger partial charge is 0.504 e. The molecule has 0 fully saturated rings. The van der Waals surface area contributed by atoms with E-state index in [2.05, 4.69) is 0 Å². The first-order chi connectivity index (χ1) is 21.7. The summed E-state index contributed by atoms with van der Waals surface area (Å²) in [5.41, 5.74) is -0.413. The van der Waals surface area contributed by atoms with Gasteiger partial charge in [0.25, 0.3) is 0 Å². The highest BCUT2D eigenvalue weighted by atomic mass is 31.2. The molecule has 0 amide bonds. The van der Waals surface area contributed by atoms with E-state index in [1.165, 1.54) is 0 Å². The molecule has 4 rings (SSSR count). The van der Waals surface area contributed by atoms with Gasteiger partial charge in [-0.25, -0.2) is 9.59 Å². The minimum atomic E-state index is -3.43. The van der Waals surface area contributed by atoms with Gasteiger partial charge in [-0.2, -0.15) is 0 Å². The molecule has 3 aromatic carbocycles. The number of benzene rings is 3. The number of aliphatic hydroxyl groups is 2. The summed E-state index contributed by atoms with van der Waals surface area (Å²) in [5, 5.41) is 23.0. The highest BCUT2D eigenvalue weighted by Crippen LogP contribution is 2.50. The molecule has 0 aliphatic heterocycles. The molecule has 2 N–H and O–H groups in total. The van der Waals surface area contributed by atoms with Gasteiger partial charge < -0.3 is 24.4 Å². The summed E-state index contributed by atoms with van der Waals surface area (Å²) < 4.78 is 16.4. The van der Waals surface area contributed by atoms with E-state index in [1.54, 1.807) is 57.2 Å². The molecule has 0 spiro atoms. The van der Waals surface area contributed by atoms with Crippen molar-refractivity contribution >= 4 is 51.8 Å². The van der Waals surface area contributed by atoms with Gasteiger partial charge in [0.05, 0.1) is 36.6 Å². The monoisotopic (exact) mass is 630 g/mol. The molecular weight excluding hydrogens is 595 g/mol. The van der Waals surface area contributed by atoms with Gasteiger partial charge >= 0.3 is 17.9 Å². The van der Waals surface area contributed by atoms with Crippen molar-refractivity contribution in [2.75, 3.05) is 19.8 Å². The minimum absolute atomic E-state index is 0.0681. The molecule has 0 heterocycles. The fraction of sp³-hybridized carbons (Fsp3) is 0.229. The van der Waals surface area contributed by atoms with Crippen molar-refractivity contribution in [1.82, 2.24) is 0 Å². The van der Waals surface area contributed by atoms with E-state index in [4.69, 9.17) is 14.2 Å². The Hall–Kier alpha value is -4.88. The van der Waals surface area contributed by atoms with Crippen LogP contribution in [-0.4, -0.2) is 59.0 Å². The fourth-order valence-electron chi connectivity index (χ4n) is 5.59. The average molecular weight is 631 g/mol. The van der Waals surface area contributed by atoms with Crippen LogP contribution in [0.25, 0.3) is 0 Å². The van der Waals surface area contributed by atoms with Gasteiger partial charge in [0.2, 0.25) is 11.5 Å². The highest BCUT2D eigenvalue weighted by molar-refractivity contribution is 7.96. The Balaban J connectivity index is 2.33. The summed E-state index contributed by atoms with van der Waals surface area (Å²) in [6, 6.07) is 27.3. The number of hydrogen-bond donors (Lipinski definition) is 2. The van der Waals surface area contributed by atoms with Gasteiger partial charge in [-0.1, -0.05) is 91.0 Å². The Kier molecular flexibility index (Phi) is 10.8. The van der Waals surface area contributed by atoms with Crippen LogP contribution >= 0.6 is 6.89 Å². The van der Waals surface area contributed by atoms with Crippen LogP contribution in [0.5, 0.6) is 0 Å². The number of carbonyl (C=O) groups is 4. The second kappa shape index (κ2) is 14.7. The van der Waals surface area contributed by atoms with E-state index in [0.717, 1.165) is 6.08 Å². The van der Waals surface area contributed by atoms with Gasteiger partial charge in [-0.05, 0) is 49.6 Å². The van der Waals surface area contributed by atoms with Crippen molar-refractivity contribution < 1.29 is 43.6 Å². The van der Waals surface area contributed by atoms with Gasteiger partial charge in [0, 0.05) is 0 Å². The number of rotatable bonds is 11. The van der Waals surface area contributed by atoms with Crippen LogP contribution in [0.2, 0.25) is 0 Å². The molecule has 45 heavy (non-hydrogen) atoms. The van der Waals surface area contributed by atoms with Crippen LogP contribution in [0, 0.1) is 11.8 Å². The highest BCUT2D eigenvalue weighted by Gasteiger charge is 2.51. The molecule has 10 heteroatoms. The Morgan fingerprint density at radius 3 is 1.58 bits per heavy atom. The topological polar surface area (TPSA) is 136 Å². The zero-order chi connectivity index (χ0) is 32.6. The molecule has 1 aliphatic carbocycles. The smallest absolute Gasteiger partial charge is 0.335 e. The van der Waals surface area contributed by atoms with E-state index >= 15 is 0 Å². The number of aliphatic hydroxyl groups excluding tert-OH is 2. The molecule has 0 bridgehead atoms. The van der Waals surface area contributed by atoms with Crippen molar-refractivity contribution in [3.63, 3.8) is 0 Å². The number of ether oxygens (including phenoxy) is 3. The second-order valence-electron chi connectivity index (χ2n) is 9.91. The summed E-state index contributed by atoms with van der Waals surface area (Å²) in [5.74, 6) is -9.53. The lowest BCUT2D eigenvalue weighted by Gasteiger charge is -2.37. The first-order valence-electron chi connectivity index (χ1n) is 14.6. The van der Waals surface area contributed by atoms with Crippen molar-refractivity contribution in [3.05, 3.63) is 114 Å². The van der Waals surface area contributed by atoms with Crippen LogP contribution in [0.1, 0.15) is 20.8 Å². The van der Waals surface area contributed by atoms with Crippen molar-refractivity contribution in [2.24, 2.45) is 11.8 Å². The number of allylic oxidation sites excluding steroid dienone is 2. The molecule has 0 saturated carbocycles. The summed E-state index contributed by atoms with van der Waals surface area (Å²) in [7, 11) is 0. The normalized spacial score (nSPS) is 15.5. The molecular formula is C35H35O9P. The van der Waals surface area contributed by atoms with Crippen molar-refractivity contribution in [1.29, 1.82) is 0 Å². The Bertz CT molecular complexity index is 1570. The Morgan fingerprint density at radius 2 is 1.16 bits per heavy atom. The minimum Gasteiger partial charge on any atom is -0.504 e. The van der Waals surface area contributed by atoms with E-state index in [-0.39, 0.29) is 25.1 Å². The molecule has 2 unspecified atom stereocenters. The maximum atomic E-state index is 14.5. The maximum absolute atomic E-state index is 14.5. The molecule has 3 aromatic rings. The predicted molar refractivity (Wildman–Crippen MR) is 172 cm³/mol. The molecule has 0 saturated heterocycles. The van der Waals surface area contributed by atoms with E-state index in [1.807, 2.05) is 54.6 Å². The van der Waals surface area contributed by atoms with Crippen LogP contribution < -0.4 is 15.9 Å². The first-order valence-corrected chi connectivity index (χ1v) is 16.3. The van der Waals surface area contributed by atoms with Crippen molar-refractivity contribution in [2.45, 2.75) is 20.8 Å². The summed E-state index contributed by atoms with van der Waals surface area (Å²) in [6.45, 7) is 1.04. The van der Waals surface area contributed by atoms with E-state index in [0.29, 0.717) is 15.9 Å². The summed E-state index contributed by atoms with van der Waals surface area (Å²) in [4.78, 5) is 56.1. The lowest BCUT2D eigenvalue weighted by atomic mass is 9.77. The Morgan fingerprint density at radius 1 is 0.711 bits per heavy atom. The second-order valence-corrected chi connectivity index (χ2v) is 13.3. The fourth-order valence-corrected chi connectivity index (χ4v) is 10.2. The van der Waals surface area contributed by atoms with Crippen LogP contribution in [0.15, 0.2) is 114 Å². The average Bonchev–Trinajstić information content (AvgIpc) is 3.06. The number of ketones is 1. The lowest BCUT2D eigenvalue weighted by molar-refractivity contribution is -0.150. The van der Waals surface area contributed by atoms with Crippen LogP contribution in [-0.2, 0) is 33.4 Å². The van der Waals surface area contributed by atoms with E-state index < -0.39 is 59.5 Å². The van der Waals surface area contributed by atoms with Gasteiger partial charge in [0.15, 0.2) is 5.76 Å². The molecule has 234 valence electrons. The van der Waals surface area contributed by atoms with Crippen LogP contribution in [0.4, 0.5) is 0 Å². The molecule has 0 aromatic heterocycles. The number of esters is 3. The zero-order valence-corrected chi connectivity index (χ0v) is 26.1. The Labute approximate surface area is 261 Å². The summed E-state index contributed by atoms with van der Waals surface area (Å²) >= 11 is 0. The summed E-state index contributed by atoms with van der Waals surface area (Å²) in [6.07, 6.45) is 0.891. The molecule has 2 atom stereocenters. The number of hydrogen-bond acceptors (Lipinski definition) is 9. The SMILES string of the molecule is CCOC(=O)C1=CC(O)=C(O)C(=O)C1C(C(=O)OCC)C(C(=O)OCC)=P(c1ccccc1)(c1ccccc1)c1ccccc1. The number of carbonyl (C=O) groups excluding carboxylic acids is 4. The maximum Gasteiger partial charge on any atom is 0.335 e. The zero-order valence-electron chi connectivity index (χ0n) is 25.2. The molecule has 0 radical (unpaired) electrons. The van der Waals surface area contributed by atoms with Gasteiger partial charge in [-0.3, -0.25) is 9.59 Å². The third kappa shape index (κ3) is 6.35. The first kappa shape index (κ1) is 33.0. The van der Waals surface area contributed by atoms with E-state index in [9.17, 15) is 29.4 Å². The quantitative estimate of drug-likeness (QED) is 0.184. The van der Waals surface area contributed by atoms with Crippen LogP contribution in [0.3, 0.4) is 0 Å². The lowest BCUT2D eigenvalue weighted by Crippen LogP contribution is -2.48.